The van der Waals surface area contributed by atoms with Crippen molar-refractivity contribution in [3.63, 3.8) is 0 Å². The topological polar surface area (TPSA) is 31.1 Å². The van der Waals surface area contributed by atoms with Gasteiger partial charge in [-0.05, 0) is 61.2 Å². The molecule has 0 bridgehead atoms. The molecule has 1 aliphatic rings. The van der Waals surface area contributed by atoms with Crippen LogP contribution in [0.5, 0.6) is 0 Å². The number of piperazine rings is 1. The number of anilines is 1. The van der Waals surface area contributed by atoms with Crippen LogP contribution >= 0.6 is 23.1 Å². The van der Waals surface area contributed by atoms with Gasteiger partial charge in [0.15, 0.2) is 0 Å². The number of rotatable bonds is 4. The standard InChI is InChI=1S/C24H25N3S2/c1-16-14-27(15-17(2)26-16)19-7-10-22-21(12-19)24(13-25-22)29-20-8-5-18(6-9-20)23-4-3-11-28-23/h3-13,16-17,25-26H,14-15H2,1-2H3/t16-,17+. The molecule has 2 aromatic heterocycles. The number of nitrogens with one attached hydrogen (secondary N) is 2. The second kappa shape index (κ2) is 7.90. The lowest BCUT2D eigenvalue weighted by molar-refractivity contribution is 0.407. The van der Waals surface area contributed by atoms with Crippen molar-refractivity contribution >= 4 is 39.7 Å². The van der Waals surface area contributed by atoms with Crippen LogP contribution in [0.25, 0.3) is 21.3 Å². The van der Waals surface area contributed by atoms with Gasteiger partial charge in [0.05, 0.1) is 0 Å². The van der Waals surface area contributed by atoms with E-state index in [2.05, 4.69) is 95.2 Å². The van der Waals surface area contributed by atoms with E-state index in [1.807, 2.05) is 11.8 Å². The van der Waals surface area contributed by atoms with Crippen molar-refractivity contribution < 1.29 is 0 Å². The first-order valence-corrected chi connectivity index (χ1v) is 11.8. The third kappa shape index (κ3) is 3.95. The molecule has 2 atom stereocenters. The van der Waals surface area contributed by atoms with Crippen LogP contribution in [-0.4, -0.2) is 30.2 Å². The summed E-state index contributed by atoms with van der Waals surface area (Å²) in [5.74, 6) is 0. The fourth-order valence-corrected chi connectivity index (χ4v) is 5.81. The molecule has 0 aliphatic carbocycles. The minimum absolute atomic E-state index is 0.511. The van der Waals surface area contributed by atoms with Crippen LogP contribution in [0.1, 0.15) is 13.8 Å². The van der Waals surface area contributed by atoms with Gasteiger partial charge in [0, 0.05) is 62.6 Å². The first-order valence-electron chi connectivity index (χ1n) is 10.1. The number of thiophene rings is 1. The molecule has 1 aliphatic heterocycles. The van der Waals surface area contributed by atoms with Crippen LogP contribution in [0.2, 0.25) is 0 Å². The molecule has 148 valence electrons. The molecule has 2 N–H and O–H groups in total. The number of fused-ring (bicyclic) bond motifs is 1. The Kier molecular flexibility index (Phi) is 5.12. The van der Waals surface area contributed by atoms with Gasteiger partial charge >= 0.3 is 0 Å². The van der Waals surface area contributed by atoms with Crippen LogP contribution < -0.4 is 10.2 Å². The van der Waals surface area contributed by atoms with Gasteiger partial charge in [0.25, 0.3) is 0 Å². The van der Waals surface area contributed by atoms with E-state index in [1.54, 1.807) is 11.3 Å². The first-order chi connectivity index (χ1) is 14.2. The van der Waals surface area contributed by atoms with E-state index in [0.717, 1.165) is 13.1 Å². The van der Waals surface area contributed by atoms with E-state index in [-0.39, 0.29) is 0 Å². The molecule has 0 saturated carbocycles. The lowest BCUT2D eigenvalue weighted by Gasteiger charge is -2.37. The predicted molar refractivity (Wildman–Crippen MR) is 126 cm³/mol. The van der Waals surface area contributed by atoms with Gasteiger partial charge in [0.1, 0.15) is 0 Å². The summed E-state index contributed by atoms with van der Waals surface area (Å²) in [6, 6.07) is 21.0. The highest BCUT2D eigenvalue weighted by Crippen LogP contribution is 2.36. The molecule has 1 saturated heterocycles. The average Bonchev–Trinajstić information content (AvgIpc) is 3.38. The summed E-state index contributed by atoms with van der Waals surface area (Å²) in [6.45, 7) is 6.62. The predicted octanol–water partition coefficient (Wildman–Crippen LogP) is 6.23. The van der Waals surface area contributed by atoms with Crippen LogP contribution in [0, 0.1) is 0 Å². The summed E-state index contributed by atoms with van der Waals surface area (Å²) in [7, 11) is 0. The maximum Gasteiger partial charge on any atom is 0.0467 e. The largest absolute Gasteiger partial charge is 0.368 e. The smallest absolute Gasteiger partial charge is 0.0467 e. The zero-order valence-corrected chi connectivity index (χ0v) is 18.3. The maximum absolute atomic E-state index is 3.62. The SMILES string of the molecule is C[C@@H]1CN(c2ccc3[nH]cc(Sc4ccc(-c5cccs5)cc4)c3c2)C[C@H](C)N1. The molecule has 0 spiro atoms. The van der Waals surface area contributed by atoms with Crippen LogP contribution in [0.3, 0.4) is 0 Å². The number of aromatic nitrogens is 1. The summed E-state index contributed by atoms with van der Waals surface area (Å²) < 4.78 is 0. The molecule has 0 radical (unpaired) electrons. The van der Waals surface area contributed by atoms with E-state index in [9.17, 15) is 0 Å². The Bertz CT molecular complexity index is 1090. The van der Waals surface area contributed by atoms with Crippen LogP contribution in [0.4, 0.5) is 5.69 Å². The van der Waals surface area contributed by atoms with Crippen molar-refractivity contribution in [3.8, 4) is 10.4 Å². The summed E-state index contributed by atoms with van der Waals surface area (Å²) >= 11 is 3.61. The zero-order chi connectivity index (χ0) is 19.8. The van der Waals surface area contributed by atoms with E-state index in [1.165, 1.54) is 36.8 Å². The Hall–Kier alpha value is -2.21. The minimum atomic E-state index is 0.511. The third-order valence-corrected chi connectivity index (χ3v) is 7.42. The maximum atomic E-state index is 3.62. The van der Waals surface area contributed by atoms with Crippen molar-refractivity contribution in [2.24, 2.45) is 0 Å². The molecule has 5 rings (SSSR count). The quantitative estimate of drug-likeness (QED) is 0.411. The second-order valence-electron chi connectivity index (χ2n) is 7.86. The Morgan fingerprint density at radius 3 is 2.52 bits per heavy atom. The van der Waals surface area contributed by atoms with Gasteiger partial charge in [-0.3, -0.25) is 0 Å². The fraction of sp³-hybridized carbons (Fsp3) is 0.250. The van der Waals surface area contributed by atoms with Gasteiger partial charge in [-0.25, -0.2) is 0 Å². The van der Waals surface area contributed by atoms with Crippen LogP contribution in [-0.2, 0) is 0 Å². The van der Waals surface area contributed by atoms with Crippen molar-refractivity contribution in [2.75, 3.05) is 18.0 Å². The van der Waals surface area contributed by atoms with E-state index in [4.69, 9.17) is 0 Å². The highest BCUT2D eigenvalue weighted by Gasteiger charge is 2.21. The molecule has 3 heterocycles. The van der Waals surface area contributed by atoms with Crippen molar-refractivity contribution in [3.05, 3.63) is 66.2 Å². The number of aromatic amines is 1. The molecule has 2 aromatic carbocycles. The Morgan fingerprint density at radius 2 is 1.79 bits per heavy atom. The normalized spacial score (nSPS) is 19.7. The summed E-state index contributed by atoms with van der Waals surface area (Å²) in [5, 5.41) is 7.04. The molecule has 5 heteroatoms. The lowest BCUT2D eigenvalue weighted by atomic mass is 10.1. The highest BCUT2D eigenvalue weighted by atomic mass is 32.2. The highest BCUT2D eigenvalue weighted by molar-refractivity contribution is 7.99. The second-order valence-corrected chi connectivity index (χ2v) is 9.92. The number of benzene rings is 2. The van der Waals surface area contributed by atoms with Crippen molar-refractivity contribution in [1.29, 1.82) is 0 Å². The molecule has 29 heavy (non-hydrogen) atoms. The Morgan fingerprint density at radius 1 is 1.00 bits per heavy atom. The zero-order valence-electron chi connectivity index (χ0n) is 16.7. The Balaban J connectivity index is 1.40. The number of nitrogens with zero attached hydrogens (tertiary/aromatic N) is 1. The molecule has 4 aromatic rings. The summed E-state index contributed by atoms with van der Waals surface area (Å²) in [6.07, 6.45) is 2.13. The lowest BCUT2D eigenvalue weighted by Crippen LogP contribution is -2.54. The Labute approximate surface area is 180 Å². The molecular weight excluding hydrogens is 394 g/mol. The van der Waals surface area contributed by atoms with Gasteiger partial charge in [-0.15, -0.1) is 11.3 Å². The molecule has 3 nitrogen and oxygen atoms in total. The summed E-state index contributed by atoms with van der Waals surface area (Å²) in [5.41, 5.74) is 3.79. The molecule has 0 amide bonds. The van der Waals surface area contributed by atoms with E-state index < -0.39 is 0 Å². The van der Waals surface area contributed by atoms with Crippen molar-refractivity contribution in [2.45, 2.75) is 35.7 Å². The fourth-order valence-electron chi connectivity index (χ4n) is 4.16. The van der Waals surface area contributed by atoms with Gasteiger partial charge in [-0.2, -0.15) is 0 Å². The molecular formula is C24H25N3S2. The number of H-pyrrole nitrogens is 1. The van der Waals surface area contributed by atoms with Gasteiger partial charge in [-0.1, -0.05) is 30.0 Å². The average molecular weight is 420 g/mol. The third-order valence-electron chi connectivity index (χ3n) is 5.44. The monoisotopic (exact) mass is 419 g/mol. The van der Waals surface area contributed by atoms with E-state index in [0.29, 0.717) is 12.1 Å². The van der Waals surface area contributed by atoms with Crippen molar-refractivity contribution in [1.82, 2.24) is 10.3 Å². The van der Waals surface area contributed by atoms with Crippen LogP contribution in [0.15, 0.2) is 76.0 Å². The van der Waals surface area contributed by atoms with Gasteiger partial charge in [0.2, 0.25) is 0 Å². The number of hydrogen-bond acceptors (Lipinski definition) is 4. The van der Waals surface area contributed by atoms with E-state index >= 15 is 0 Å². The van der Waals surface area contributed by atoms with Gasteiger partial charge < -0.3 is 15.2 Å². The first kappa shape index (κ1) is 18.8. The molecule has 1 fully saturated rings. The summed E-state index contributed by atoms with van der Waals surface area (Å²) in [4.78, 5) is 9.80. The number of hydrogen-bond donors (Lipinski definition) is 2. The molecule has 0 unspecified atom stereocenters. The minimum Gasteiger partial charge on any atom is -0.368 e.